The summed E-state index contributed by atoms with van der Waals surface area (Å²) in [5.74, 6) is 2.39. The van der Waals surface area contributed by atoms with Gasteiger partial charge < -0.3 is 10.6 Å². The van der Waals surface area contributed by atoms with E-state index < -0.39 is 0 Å². The van der Waals surface area contributed by atoms with E-state index in [1.807, 2.05) is 37.3 Å². The SMILES string of the molecule is CC(=O)c1cccc(Nc2cc(NC3CCCCCC3)nc(C)n2)c1. The average molecular weight is 338 g/mol. The van der Waals surface area contributed by atoms with Crippen LogP contribution in [0.1, 0.15) is 61.6 Å². The number of nitrogens with zero attached hydrogens (tertiary/aromatic N) is 2. The van der Waals surface area contributed by atoms with Gasteiger partial charge in [0.25, 0.3) is 0 Å². The number of nitrogens with one attached hydrogen (secondary N) is 2. The molecule has 1 aromatic heterocycles. The smallest absolute Gasteiger partial charge is 0.159 e. The van der Waals surface area contributed by atoms with Gasteiger partial charge in [-0.1, -0.05) is 37.8 Å². The van der Waals surface area contributed by atoms with Gasteiger partial charge in [-0.05, 0) is 38.8 Å². The molecule has 132 valence electrons. The number of ketones is 1. The highest BCUT2D eigenvalue weighted by molar-refractivity contribution is 5.95. The van der Waals surface area contributed by atoms with Crippen LogP contribution in [-0.4, -0.2) is 21.8 Å². The molecule has 1 saturated carbocycles. The first-order valence-corrected chi connectivity index (χ1v) is 9.10. The molecule has 1 fully saturated rings. The zero-order valence-corrected chi connectivity index (χ0v) is 15.0. The second kappa shape index (κ2) is 8.10. The fraction of sp³-hybridized carbons (Fsp3) is 0.450. The van der Waals surface area contributed by atoms with Gasteiger partial charge in [-0.15, -0.1) is 0 Å². The monoisotopic (exact) mass is 338 g/mol. The second-order valence-corrected chi connectivity index (χ2v) is 6.78. The highest BCUT2D eigenvalue weighted by Crippen LogP contribution is 2.23. The number of hydrogen-bond acceptors (Lipinski definition) is 5. The molecule has 3 rings (SSSR count). The van der Waals surface area contributed by atoms with Gasteiger partial charge in [-0.2, -0.15) is 0 Å². The number of anilines is 3. The van der Waals surface area contributed by atoms with E-state index in [0.29, 0.717) is 11.6 Å². The molecule has 5 heteroatoms. The first-order valence-electron chi connectivity index (χ1n) is 9.10. The number of rotatable bonds is 5. The summed E-state index contributed by atoms with van der Waals surface area (Å²) in [6.45, 7) is 3.47. The van der Waals surface area contributed by atoms with Crippen molar-refractivity contribution in [2.45, 2.75) is 58.4 Å². The molecule has 2 N–H and O–H groups in total. The third-order valence-corrected chi connectivity index (χ3v) is 4.59. The van der Waals surface area contributed by atoms with Crippen molar-refractivity contribution in [2.75, 3.05) is 10.6 Å². The number of aromatic nitrogens is 2. The minimum absolute atomic E-state index is 0.0539. The number of carbonyl (C=O) groups is 1. The largest absolute Gasteiger partial charge is 0.367 e. The van der Waals surface area contributed by atoms with Crippen molar-refractivity contribution in [1.29, 1.82) is 0 Å². The number of benzene rings is 1. The van der Waals surface area contributed by atoms with Crippen molar-refractivity contribution in [2.24, 2.45) is 0 Å². The van der Waals surface area contributed by atoms with E-state index >= 15 is 0 Å². The Hall–Kier alpha value is -2.43. The zero-order valence-electron chi connectivity index (χ0n) is 15.0. The Bertz CT molecular complexity index is 736. The van der Waals surface area contributed by atoms with Crippen LogP contribution in [0.4, 0.5) is 17.3 Å². The predicted octanol–water partition coefficient (Wildman–Crippen LogP) is 4.87. The molecule has 0 radical (unpaired) electrons. The van der Waals surface area contributed by atoms with E-state index in [1.54, 1.807) is 6.92 Å². The molecule has 0 spiro atoms. The van der Waals surface area contributed by atoms with Crippen molar-refractivity contribution < 1.29 is 4.79 Å². The van der Waals surface area contributed by atoms with E-state index in [2.05, 4.69) is 20.6 Å². The van der Waals surface area contributed by atoms with Gasteiger partial charge in [-0.25, -0.2) is 9.97 Å². The topological polar surface area (TPSA) is 66.9 Å². The molecule has 0 unspecified atom stereocenters. The Morgan fingerprint density at radius 3 is 2.48 bits per heavy atom. The average Bonchev–Trinajstić information content (AvgIpc) is 2.83. The summed E-state index contributed by atoms with van der Waals surface area (Å²) in [5.41, 5.74) is 1.54. The number of Topliss-reactive ketones (excluding diaryl/α,β-unsaturated/α-hetero) is 1. The summed E-state index contributed by atoms with van der Waals surface area (Å²) < 4.78 is 0. The molecular weight excluding hydrogens is 312 g/mol. The van der Waals surface area contributed by atoms with Crippen molar-refractivity contribution in [3.05, 3.63) is 41.7 Å². The number of hydrogen-bond donors (Lipinski definition) is 2. The summed E-state index contributed by atoms with van der Waals surface area (Å²) >= 11 is 0. The molecule has 0 saturated heterocycles. The van der Waals surface area contributed by atoms with E-state index in [0.717, 1.165) is 23.1 Å². The quantitative estimate of drug-likeness (QED) is 0.601. The zero-order chi connectivity index (χ0) is 17.6. The van der Waals surface area contributed by atoms with Crippen LogP contribution in [0.25, 0.3) is 0 Å². The van der Waals surface area contributed by atoms with Gasteiger partial charge in [-0.3, -0.25) is 4.79 Å². The first-order chi connectivity index (χ1) is 12.1. The lowest BCUT2D eigenvalue weighted by atomic mass is 10.1. The van der Waals surface area contributed by atoms with Crippen LogP contribution in [0.15, 0.2) is 30.3 Å². The Morgan fingerprint density at radius 1 is 1.04 bits per heavy atom. The lowest BCUT2D eigenvalue weighted by Crippen LogP contribution is -2.19. The Labute approximate surface area is 149 Å². The normalized spacial score (nSPS) is 15.4. The van der Waals surface area contributed by atoms with Crippen LogP contribution >= 0.6 is 0 Å². The van der Waals surface area contributed by atoms with Crippen LogP contribution < -0.4 is 10.6 Å². The number of carbonyl (C=O) groups excluding carboxylic acids is 1. The third-order valence-electron chi connectivity index (χ3n) is 4.59. The molecule has 0 amide bonds. The molecule has 5 nitrogen and oxygen atoms in total. The van der Waals surface area contributed by atoms with Gasteiger partial charge in [0.2, 0.25) is 0 Å². The molecule has 1 aromatic carbocycles. The highest BCUT2D eigenvalue weighted by atomic mass is 16.1. The van der Waals surface area contributed by atoms with Crippen molar-refractivity contribution >= 4 is 23.1 Å². The van der Waals surface area contributed by atoms with E-state index in [4.69, 9.17) is 0 Å². The summed E-state index contributed by atoms with van der Waals surface area (Å²) in [4.78, 5) is 20.5. The van der Waals surface area contributed by atoms with Gasteiger partial charge in [0.1, 0.15) is 17.5 Å². The lowest BCUT2D eigenvalue weighted by molar-refractivity contribution is 0.101. The summed E-state index contributed by atoms with van der Waals surface area (Å²) in [6.07, 6.45) is 7.63. The third kappa shape index (κ3) is 5.02. The van der Waals surface area contributed by atoms with Gasteiger partial charge in [0.05, 0.1) is 0 Å². The molecule has 0 aliphatic heterocycles. The standard InChI is InChI=1S/C20H26N4O/c1-14(25)16-8-7-11-18(12-16)24-20-13-19(21-15(2)22-20)23-17-9-5-3-4-6-10-17/h7-8,11-13,17H,3-6,9-10H2,1-2H3,(H2,21,22,23,24). The molecule has 0 bridgehead atoms. The minimum atomic E-state index is 0.0539. The number of aryl methyl sites for hydroxylation is 1. The minimum Gasteiger partial charge on any atom is -0.367 e. The maximum absolute atomic E-state index is 11.5. The molecule has 1 aliphatic carbocycles. The fourth-order valence-corrected chi connectivity index (χ4v) is 3.30. The molecule has 2 aromatic rings. The lowest BCUT2D eigenvalue weighted by Gasteiger charge is -2.18. The summed E-state index contributed by atoms with van der Waals surface area (Å²) in [7, 11) is 0. The summed E-state index contributed by atoms with van der Waals surface area (Å²) in [6, 6.07) is 9.90. The van der Waals surface area contributed by atoms with Crippen LogP contribution in [0.3, 0.4) is 0 Å². The van der Waals surface area contributed by atoms with E-state index in [9.17, 15) is 4.79 Å². The highest BCUT2D eigenvalue weighted by Gasteiger charge is 2.13. The predicted molar refractivity (Wildman–Crippen MR) is 102 cm³/mol. The molecule has 25 heavy (non-hydrogen) atoms. The molecular formula is C20H26N4O. The van der Waals surface area contributed by atoms with Crippen LogP contribution in [0, 0.1) is 6.92 Å². The van der Waals surface area contributed by atoms with Crippen LogP contribution in [-0.2, 0) is 0 Å². The van der Waals surface area contributed by atoms with Crippen LogP contribution in [0.5, 0.6) is 0 Å². The van der Waals surface area contributed by atoms with Gasteiger partial charge >= 0.3 is 0 Å². The maximum atomic E-state index is 11.5. The Kier molecular flexibility index (Phi) is 5.64. The fourth-order valence-electron chi connectivity index (χ4n) is 3.30. The van der Waals surface area contributed by atoms with Crippen molar-refractivity contribution in [3.8, 4) is 0 Å². The van der Waals surface area contributed by atoms with E-state index in [1.165, 1.54) is 38.5 Å². The maximum Gasteiger partial charge on any atom is 0.159 e. The second-order valence-electron chi connectivity index (χ2n) is 6.78. The molecule has 1 aliphatic rings. The van der Waals surface area contributed by atoms with E-state index in [-0.39, 0.29) is 5.78 Å². The molecule has 1 heterocycles. The van der Waals surface area contributed by atoms with Gasteiger partial charge in [0, 0.05) is 23.4 Å². The molecule has 0 atom stereocenters. The van der Waals surface area contributed by atoms with Crippen molar-refractivity contribution in [3.63, 3.8) is 0 Å². The van der Waals surface area contributed by atoms with Gasteiger partial charge in [0.15, 0.2) is 5.78 Å². The Balaban J connectivity index is 1.74. The van der Waals surface area contributed by atoms with Crippen LogP contribution in [0.2, 0.25) is 0 Å². The first kappa shape index (κ1) is 17.4. The van der Waals surface area contributed by atoms with Crippen molar-refractivity contribution in [1.82, 2.24) is 9.97 Å². The Morgan fingerprint density at radius 2 is 1.76 bits per heavy atom. The summed E-state index contributed by atoms with van der Waals surface area (Å²) in [5, 5.41) is 6.86.